The van der Waals surface area contributed by atoms with Gasteiger partial charge in [0, 0.05) is 5.56 Å². The molecule has 1 rings (SSSR count). The monoisotopic (exact) mass is 290 g/mol. The van der Waals surface area contributed by atoms with E-state index in [9.17, 15) is 0 Å². The van der Waals surface area contributed by atoms with Gasteiger partial charge in [0.2, 0.25) is 8.32 Å². The molecule has 0 spiro atoms. The Morgan fingerprint density at radius 2 is 1.75 bits per heavy atom. The third kappa shape index (κ3) is 3.98. The molecule has 0 aromatic heterocycles. The third-order valence-corrected chi connectivity index (χ3v) is 8.57. The largest absolute Gasteiger partial charge is 0.543 e. The summed E-state index contributed by atoms with van der Waals surface area (Å²) in [5, 5.41) is 0.223. The van der Waals surface area contributed by atoms with Crippen molar-refractivity contribution in [1.29, 1.82) is 0 Å². The Balaban J connectivity index is 3.18. The summed E-state index contributed by atoms with van der Waals surface area (Å²) in [7, 11) is -1.79. The van der Waals surface area contributed by atoms with Gasteiger partial charge in [-0.25, -0.2) is 0 Å². The smallest absolute Gasteiger partial charge is 0.250 e. The number of hydrogen-bond acceptors (Lipinski definition) is 1. The number of hydrogen-bond donors (Lipinski definition) is 0. The summed E-state index contributed by atoms with van der Waals surface area (Å²) in [5.41, 5.74) is 2.63. The summed E-state index contributed by atoms with van der Waals surface area (Å²) >= 11 is 0. The van der Waals surface area contributed by atoms with E-state index in [1.54, 1.807) is 0 Å². The molecule has 2 heteroatoms. The first-order valence-electron chi connectivity index (χ1n) is 7.70. The van der Waals surface area contributed by atoms with Gasteiger partial charge in [-0.2, -0.15) is 0 Å². The molecule has 0 saturated carbocycles. The van der Waals surface area contributed by atoms with Crippen molar-refractivity contribution in [3.05, 3.63) is 41.5 Å². The van der Waals surface area contributed by atoms with E-state index in [0.29, 0.717) is 0 Å². The van der Waals surface area contributed by atoms with Crippen molar-refractivity contribution < 1.29 is 4.43 Å². The average Bonchev–Trinajstić information content (AvgIpc) is 2.36. The van der Waals surface area contributed by atoms with E-state index in [1.165, 1.54) is 11.1 Å². The number of benzene rings is 1. The molecule has 0 atom stereocenters. The SMILES string of the molecule is CC/C=C(\O[Si](C)(C)C(C)(C)C)c1ccccc1CC. The van der Waals surface area contributed by atoms with Crippen molar-refractivity contribution in [2.75, 3.05) is 0 Å². The van der Waals surface area contributed by atoms with E-state index < -0.39 is 8.32 Å². The molecule has 0 fully saturated rings. The lowest BCUT2D eigenvalue weighted by Crippen LogP contribution is -2.40. The topological polar surface area (TPSA) is 9.23 Å². The Morgan fingerprint density at radius 3 is 2.25 bits per heavy atom. The fourth-order valence-corrected chi connectivity index (χ4v) is 2.94. The van der Waals surface area contributed by atoms with Crippen LogP contribution in [-0.4, -0.2) is 8.32 Å². The van der Waals surface area contributed by atoms with Gasteiger partial charge in [-0.3, -0.25) is 0 Å². The predicted molar refractivity (Wildman–Crippen MR) is 92.4 cm³/mol. The van der Waals surface area contributed by atoms with Gasteiger partial charge in [-0.05, 0) is 42.6 Å². The maximum absolute atomic E-state index is 6.57. The average molecular weight is 291 g/mol. The first-order valence-corrected chi connectivity index (χ1v) is 10.6. The maximum Gasteiger partial charge on any atom is 0.250 e. The van der Waals surface area contributed by atoms with Gasteiger partial charge in [0.25, 0.3) is 0 Å². The molecule has 1 aromatic rings. The highest BCUT2D eigenvalue weighted by Gasteiger charge is 2.39. The third-order valence-electron chi connectivity index (χ3n) is 4.22. The zero-order valence-corrected chi connectivity index (χ0v) is 15.2. The summed E-state index contributed by atoms with van der Waals surface area (Å²) < 4.78 is 6.57. The van der Waals surface area contributed by atoms with E-state index in [2.05, 4.69) is 78.1 Å². The maximum atomic E-state index is 6.57. The van der Waals surface area contributed by atoms with E-state index >= 15 is 0 Å². The molecular formula is C18H30OSi. The molecule has 0 bridgehead atoms. The van der Waals surface area contributed by atoms with Gasteiger partial charge < -0.3 is 4.43 Å². The summed E-state index contributed by atoms with van der Waals surface area (Å²) in [6.45, 7) is 15.9. The van der Waals surface area contributed by atoms with E-state index in [0.717, 1.165) is 18.6 Å². The van der Waals surface area contributed by atoms with Gasteiger partial charge in [-0.1, -0.05) is 58.9 Å². The zero-order chi connectivity index (χ0) is 15.4. The van der Waals surface area contributed by atoms with Crippen molar-refractivity contribution in [3.63, 3.8) is 0 Å². The van der Waals surface area contributed by atoms with Crippen LogP contribution in [0.3, 0.4) is 0 Å². The molecule has 0 heterocycles. The molecular weight excluding hydrogens is 260 g/mol. The van der Waals surface area contributed by atoms with Crippen LogP contribution in [0.1, 0.15) is 52.2 Å². The fourth-order valence-electron chi connectivity index (χ4n) is 1.89. The van der Waals surface area contributed by atoms with Crippen LogP contribution in [0.4, 0.5) is 0 Å². The molecule has 0 amide bonds. The van der Waals surface area contributed by atoms with Gasteiger partial charge in [0.15, 0.2) is 0 Å². The van der Waals surface area contributed by atoms with Crippen molar-refractivity contribution in [1.82, 2.24) is 0 Å². The molecule has 1 aromatic carbocycles. The number of allylic oxidation sites excluding steroid dienone is 1. The van der Waals surface area contributed by atoms with Gasteiger partial charge in [0.05, 0.1) is 0 Å². The summed E-state index contributed by atoms with van der Waals surface area (Å²) in [6, 6.07) is 8.60. The van der Waals surface area contributed by atoms with Gasteiger partial charge in [0.1, 0.15) is 5.76 Å². The minimum absolute atomic E-state index is 0.223. The second-order valence-electron chi connectivity index (χ2n) is 6.85. The Hall–Kier alpha value is -1.02. The van der Waals surface area contributed by atoms with Crippen molar-refractivity contribution >= 4 is 14.1 Å². The summed E-state index contributed by atoms with van der Waals surface area (Å²) in [5.74, 6) is 1.08. The van der Waals surface area contributed by atoms with E-state index in [-0.39, 0.29) is 5.04 Å². The zero-order valence-electron chi connectivity index (χ0n) is 14.2. The molecule has 0 aliphatic heterocycles. The Kier molecular flexibility index (Phi) is 5.64. The van der Waals surface area contributed by atoms with E-state index in [1.807, 2.05) is 0 Å². The lowest BCUT2D eigenvalue weighted by Gasteiger charge is -2.37. The Morgan fingerprint density at radius 1 is 1.15 bits per heavy atom. The highest BCUT2D eigenvalue weighted by molar-refractivity contribution is 6.74. The number of rotatable bonds is 5. The molecule has 0 aliphatic carbocycles. The van der Waals surface area contributed by atoms with Crippen LogP contribution < -0.4 is 0 Å². The van der Waals surface area contributed by atoms with Crippen LogP contribution in [-0.2, 0) is 10.8 Å². The van der Waals surface area contributed by atoms with Crippen LogP contribution in [0.25, 0.3) is 5.76 Å². The minimum atomic E-state index is -1.79. The minimum Gasteiger partial charge on any atom is -0.543 e. The van der Waals surface area contributed by atoms with Crippen LogP contribution in [0.5, 0.6) is 0 Å². The van der Waals surface area contributed by atoms with Crippen molar-refractivity contribution in [3.8, 4) is 0 Å². The van der Waals surface area contributed by atoms with E-state index in [4.69, 9.17) is 4.43 Å². The summed E-state index contributed by atoms with van der Waals surface area (Å²) in [6.07, 6.45) is 4.27. The van der Waals surface area contributed by atoms with Gasteiger partial charge >= 0.3 is 0 Å². The van der Waals surface area contributed by atoms with Crippen LogP contribution in [0, 0.1) is 0 Å². The lowest BCUT2D eigenvalue weighted by molar-refractivity contribution is 0.456. The predicted octanol–water partition coefficient (Wildman–Crippen LogP) is 6.02. The molecule has 0 unspecified atom stereocenters. The first kappa shape index (κ1) is 17.0. The normalized spacial score (nSPS) is 13.4. The highest BCUT2D eigenvalue weighted by atomic mass is 28.4. The van der Waals surface area contributed by atoms with Gasteiger partial charge in [-0.15, -0.1) is 0 Å². The van der Waals surface area contributed by atoms with Crippen molar-refractivity contribution in [2.45, 2.75) is 65.6 Å². The Labute approximate surface area is 126 Å². The molecule has 0 radical (unpaired) electrons. The van der Waals surface area contributed by atoms with Crippen LogP contribution >= 0.6 is 0 Å². The summed E-state index contributed by atoms with van der Waals surface area (Å²) in [4.78, 5) is 0. The molecule has 0 aliphatic rings. The standard InChI is InChI=1S/C18H30OSi/c1-8-12-17(19-20(6,7)18(3,4)5)16-14-11-10-13-15(16)9-2/h10-14H,8-9H2,1-7H3/b17-12-. The molecule has 0 N–H and O–H groups in total. The van der Waals surface area contributed by atoms with Crippen LogP contribution in [0.15, 0.2) is 30.3 Å². The molecule has 20 heavy (non-hydrogen) atoms. The molecule has 1 nitrogen and oxygen atoms in total. The fraction of sp³-hybridized carbons (Fsp3) is 0.556. The number of aryl methyl sites for hydroxylation is 1. The molecule has 0 saturated heterocycles. The molecule has 112 valence electrons. The van der Waals surface area contributed by atoms with Crippen molar-refractivity contribution in [2.24, 2.45) is 0 Å². The second-order valence-corrected chi connectivity index (χ2v) is 11.6. The first-order chi connectivity index (χ1) is 9.23. The quantitative estimate of drug-likeness (QED) is 0.476. The van der Waals surface area contributed by atoms with Crippen LogP contribution in [0.2, 0.25) is 18.1 Å². The Bertz CT molecular complexity index is 467. The second kappa shape index (κ2) is 6.62. The highest BCUT2D eigenvalue weighted by Crippen LogP contribution is 2.40. The lowest BCUT2D eigenvalue weighted by atomic mass is 10.0.